The molecule has 0 spiro atoms. The Bertz CT molecular complexity index is 1320. The largest absolute Gasteiger partial charge is 0.497 e. The van der Waals surface area contributed by atoms with E-state index >= 15 is 0 Å². The van der Waals surface area contributed by atoms with Gasteiger partial charge in [0.2, 0.25) is 11.8 Å². The van der Waals surface area contributed by atoms with Crippen molar-refractivity contribution in [3.63, 3.8) is 0 Å². The molecule has 3 aromatic rings. The highest BCUT2D eigenvalue weighted by atomic mass is 16.5. The van der Waals surface area contributed by atoms with Gasteiger partial charge in [-0.25, -0.2) is 4.68 Å². The topological polar surface area (TPSA) is 110 Å². The summed E-state index contributed by atoms with van der Waals surface area (Å²) in [5.41, 5.74) is 1.91. The smallest absolute Gasteiger partial charge is 0.257 e. The number of aromatic nitrogens is 3. The molecule has 2 aliphatic heterocycles. The molecule has 0 radical (unpaired) electrons. The highest BCUT2D eigenvalue weighted by Crippen LogP contribution is 2.44. The lowest BCUT2D eigenvalue weighted by Crippen LogP contribution is -2.62. The molecule has 3 heterocycles. The Morgan fingerprint density at radius 1 is 1.17 bits per heavy atom. The van der Waals surface area contributed by atoms with E-state index in [1.165, 1.54) is 0 Å². The Labute approximate surface area is 208 Å². The molecule has 1 fully saturated rings. The molecule has 10 nitrogen and oxygen atoms in total. The molecule has 10 heteroatoms. The summed E-state index contributed by atoms with van der Waals surface area (Å²) < 4.78 is 6.86. The number of anilines is 1. The molecule has 1 N–H and O–H groups in total. The van der Waals surface area contributed by atoms with E-state index < -0.39 is 5.66 Å². The van der Waals surface area contributed by atoms with Gasteiger partial charge in [0.25, 0.3) is 5.91 Å². The first-order chi connectivity index (χ1) is 17.4. The molecule has 3 amide bonds. The number of benzene rings is 2. The van der Waals surface area contributed by atoms with Crippen LogP contribution in [0.5, 0.6) is 5.75 Å². The summed E-state index contributed by atoms with van der Waals surface area (Å²) in [6.45, 7) is 2.56. The second kappa shape index (κ2) is 9.44. The monoisotopic (exact) mass is 488 g/mol. The van der Waals surface area contributed by atoms with Crippen molar-refractivity contribution < 1.29 is 19.1 Å². The third-order valence-corrected chi connectivity index (χ3v) is 6.86. The molecule has 1 atom stereocenters. The molecule has 0 bridgehead atoms. The summed E-state index contributed by atoms with van der Waals surface area (Å²) in [4.78, 5) is 41.9. The third-order valence-electron chi connectivity index (χ3n) is 6.86. The van der Waals surface area contributed by atoms with Gasteiger partial charge in [-0.05, 0) is 44.0 Å². The number of amides is 3. The van der Waals surface area contributed by atoms with Crippen LogP contribution in [-0.4, -0.2) is 56.9 Å². The molecule has 0 unspecified atom stereocenters. The predicted molar refractivity (Wildman–Crippen MR) is 132 cm³/mol. The van der Waals surface area contributed by atoms with Gasteiger partial charge in [0.05, 0.1) is 36.8 Å². The van der Waals surface area contributed by atoms with Crippen LogP contribution in [0.3, 0.4) is 0 Å². The third kappa shape index (κ3) is 4.19. The first-order valence-electron chi connectivity index (χ1n) is 12.0. The minimum absolute atomic E-state index is 0.0159. The Morgan fingerprint density at radius 2 is 2.00 bits per heavy atom. The maximum atomic E-state index is 13.3. The average Bonchev–Trinajstić information content (AvgIpc) is 3.49. The second-order valence-electron chi connectivity index (χ2n) is 9.16. The van der Waals surface area contributed by atoms with Gasteiger partial charge in [0, 0.05) is 25.5 Å². The van der Waals surface area contributed by atoms with Gasteiger partial charge in [0.1, 0.15) is 17.1 Å². The lowest BCUT2D eigenvalue weighted by atomic mass is 9.98. The molecule has 2 aromatic carbocycles. The number of nitrogens with one attached hydrogen (secondary N) is 1. The number of rotatable bonds is 8. The normalized spacial score (nSPS) is 18.7. The summed E-state index contributed by atoms with van der Waals surface area (Å²) in [5.74, 6) is 0.489. The van der Waals surface area contributed by atoms with E-state index in [0.717, 1.165) is 5.69 Å². The van der Waals surface area contributed by atoms with Crippen molar-refractivity contribution in [2.45, 2.75) is 44.8 Å². The van der Waals surface area contributed by atoms with E-state index in [4.69, 9.17) is 4.74 Å². The number of carbonyl (C=O) groups excluding carboxylic acids is 3. The van der Waals surface area contributed by atoms with Crippen molar-refractivity contribution >= 4 is 23.4 Å². The summed E-state index contributed by atoms with van der Waals surface area (Å²) in [6, 6.07) is 14.7. The van der Waals surface area contributed by atoms with Gasteiger partial charge in [-0.3, -0.25) is 19.3 Å². The molecule has 5 rings (SSSR count). The van der Waals surface area contributed by atoms with E-state index in [2.05, 4.69) is 15.6 Å². The molecule has 186 valence electrons. The molecule has 1 aromatic heterocycles. The molecular weight excluding hydrogens is 460 g/mol. The molecule has 0 aliphatic carbocycles. The number of hydrogen-bond donors (Lipinski definition) is 1. The fraction of sp³-hybridized carbons (Fsp3) is 0.346. The van der Waals surface area contributed by atoms with Crippen LogP contribution in [0.15, 0.2) is 54.7 Å². The van der Waals surface area contributed by atoms with Crippen molar-refractivity contribution in [2.75, 3.05) is 18.6 Å². The van der Waals surface area contributed by atoms with E-state index in [1.54, 1.807) is 39.9 Å². The fourth-order valence-electron chi connectivity index (χ4n) is 4.98. The molecular formula is C26H28N6O4. The van der Waals surface area contributed by atoms with Crippen LogP contribution < -0.4 is 15.0 Å². The molecule has 0 saturated carbocycles. The number of hydrogen-bond acceptors (Lipinski definition) is 6. The number of fused-ring (bicyclic) bond motifs is 3. The van der Waals surface area contributed by atoms with E-state index in [1.807, 2.05) is 43.3 Å². The zero-order valence-corrected chi connectivity index (χ0v) is 20.3. The van der Waals surface area contributed by atoms with E-state index in [-0.39, 0.29) is 30.7 Å². The minimum atomic E-state index is -0.711. The molecule has 1 saturated heterocycles. The first-order valence-corrected chi connectivity index (χ1v) is 12.0. The number of carbonyl (C=O) groups is 3. The zero-order valence-electron chi connectivity index (χ0n) is 20.3. The Kier molecular flexibility index (Phi) is 6.17. The van der Waals surface area contributed by atoms with Gasteiger partial charge < -0.3 is 15.0 Å². The first kappa shape index (κ1) is 23.5. The Hall–Kier alpha value is -4.21. The number of para-hydroxylation sites is 1. The van der Waals surface area contributed by atoms with Crippen LogP contribution >= 0.6 is 0 Å². The van der Waals surface area contributed by atoms with Gasteiger partial charge in [-0.15, -0.1) is 5.10 Å². The molecule has 2 aliphatic rings. The van der Waals surface area contributed by atoms with Crippen molar-refractivity contribution in [3.8, 4) is 11.4 Å². The van der Waals surface area contributed by atoms with Gasteiger partial charge in [-0.1, -0.05) is 23.4 Å². The fourth-order valence-corrected chi connectivity index (χ4v) is 4.98. The van der Waals surface area contributed by atoms with Crippen LogP contribution in [-0.2, 0) is 16.1 Å². The predicted octanol–water partition coefficient (Wildman–Crippen LogP) is 2.67. The number of nitrogens with zero attached hydrogens (tertiary/aromatic N) is 5. The van der Waals surface area contributed by atoms with Gasteiger partial charge in [0.15, 0.2) is 0 Å². The van der Waals surface area contributed by atoms with Crippen molar-refractivity contribution in [1.82, 2.24) is 25.2 Å². The van der Waals surface area contributed by atoms with Crippen LogP contribution in [0.2, 0.25) is 0 Å². The average molecular weight is 489 g/mol. The standard InChI is InChI=1S/C26H28N6O4/c1-26-13-12-24(34)32(26)22-10-4-3-9-21(22)25(35)30(26)14-6-11-23(33)27-16-18-17-31(29-28-18)19-7-5-8-20(15-19)36-2/h3-5,7-10,15,17H,6,11-14,16H2,1-2H3,(H,27,33)/t26-/m1/s1. The quantitative estimate of drug-likeness (QED) is 0.522. The Morgan fingerprint density at radius 3 is 2.83 bits per heavy atom. The summed E-state index contributed by atoms with van der Waals surface area (Å²) in [7, 11) is 1.60. The second-order valence-corrected chi connectivity index (χ2v) is 9.16. The Balaban J connectivity index is 1.17. The SMILES string of the molecule is COc1cccc(-n2cc(CNC(=O)CCCN3C(=O)c4ccccc4N4C(=O)CC[C@]34C)nn2)c1. The van der Waals surface area contributed by atoms with E-state index in [0.29, 0.717) is 48.5 Å². The zero-order chi connectivity index (χ0) is 25.3. The van der Waals surface area contributed by atoms with Gasteiger partial charge >= 0.3 is 0 Å². The van der Waals surface area contributed by atoms with Crippen molar-refractivity contribution in [1.29, 1.82) is 0 Å². The summed E-state index contributed by atoms with van der Waals surface area (Å²) in [5, 5.41) is 11.1. The number of methoxy groups -OCH3 is 1. The maximum Gasteiger partial charge on any atom is 0.257 e. The highest BCUT2D eigenvalue weighted by molar-refractivity contribution is 6.10. The van der Waals surface area contributed by atoms with Crippen molar-refractivity contribution in [3.05, 3.63) is 66.0 Å². The van der Waals surface area contributed by atoms with E-state index in [9.17, 15) is 14.4 Å². The summed E-state index contributed by atoms with van der Waals surface area (Å²) >= 11 is 0. The lowest BCUT2D eigenvalue weighted by molar-refractivity contribution is -0.121. The van der Waals surface area contributed by atoms with Gasteiger partial charge in [-0.2, -0.15) is 0 Å². The summed E-state index contributed by atoms with van der Waals surface area (Å²) in [6.07, 6.45) is 3.45. The van der Waals surface area contributed by atoms with Crippen LogP contribution in [0.25, 0.3) is 5.69 Å². The van der Waals surface area contributed by atoms with Crippen LogP contribution in [0.4, 0.5) is 5.69 Å². The minimum Gasteiger partial charge on any atom is -0.497 e. The maximum absolute atomic E-state index is 13.3. The lowest BCUT2D eigenvalue weighted by Gasteiger charge is -2.48. The van der Waals surface area contributed by atoms with Crippen LogP contribution in [0.1, 0.15) is 48.7 Å². The van der Waals surface area contributed by atoms with Crippen LogP contribution in [0, 0.1) is 0 Å². The highest BCUT2D eigenvalue weighted by Gasteiger charge is 2.52. The van der Waals surface area contributed by atoms with Crippen molar-refractivity contribution in [2.24, 2.45) is 0 Å². The number of ether oxygens (including phenoxy) is 1. The molecule has 36 heavy (non-hydrogen) atoms.